The molecule has 2 aromatic heterocycles. The number of ketones is 1. The van der Waals surface area contributed by atoms with Gasteiger partial charge in [0.1, 0.15) is 10.6 Å². The molecule has 0 aliphatic rings. The number of aromatic nitrogens is 2. The highest BCUT2D eigenvalue weighted by atomic mass is 32.1. The molecule has 0 saturated heterocycles. The van der Waals surface area contributed by atoms with Gasteiger partial charge in [-0.2, -0.15) is 0 Å². The average Bonchev–Trinajstić information content (AvgIpc) is 3.20. The first kappa shape index (κ1) is 20.0. The highest BCUT2D eigenvalue weighted by Crippen LogP contribution is 2.31. The maximum Gasteiger partial charge on any atom is 0.263 e. The van der Waals surface area contributed by atoms with Crippen molar-refractivity contribution in [2.75, 3.05) is 7.11 Å². The summed E-state index contributed by atoms with van der Waals surface area (Å²) in [7, 11) is 1.62. The Bertz CT molecular complexity index is 1250. The number of ether oxygens (including phenoxy) is 1. The summed E-state index contributed by atoms with van der Waals surface area (Å²) in [6, 6.07) is 15.1. The standard InChI is InChI=1S/C24H22N2O3S/c1-15(2)16-4-6-18(7-5-16)21(27)12-26-14-25-23-22(24(26)28)20(13-30-23)17-8-10-19(29-3)11-9-17/h4-11,13-15H,12H2,1-3H3. The van der Waals surface area contributed by atoms with E-state index in [1.54, 1.807) is 7.11 Å². The molecule has 0 N–H and O–H groups in total. The fraction of sp³-hybridized carbons (Fsp3) is 0.208. The monoisotopic (exact) mass is 418 g/mol. The molecule has 2 heterocycles. The smallest absolute Gasteiger partial charge is 0.263 e. The largest absolute Gasteiger partial charge is 0.497 e. The second-order valence-electron chi connectivity index (χ2n) is 7.44. The Labute approximate surface area is 178 Å². The molecule has 0 radical (unpaired) electrons. The number of Topliss-reactive ketones (excluding diaryl/α,β-unsaturated/α-hetero) is 1. The number of thiophene rings is 1. The lowest BCUT2D eigenvalue weighted by Crippen LogP contribution is -2.24. The fourth-order valence-corrected chi connectivity index (χ4v) is 4.27. The topological polar surface area (TPSA) is 61.2 Å². The molecule has 0 unspecified atom stereocenters. The second-order valence-corrected chi connectivity index (χ2v) is 8.29. The third kappa shape index (κ3) is 3.78. The Morgan fingerprint density at radius 1 is 1.10 bits per heavy atom. The Kier molecular flexibility index (Phi) is 5.50. The lowest BCUT2D eigenvalue weighted by atomic mass is 10.0. The van der Waals surface area contributed by atoms with Crippen LogP contribution < -0.4 is 10.3 Å². The molecule has 0 spiro atoms. The van der Waals surface area contributed by atoms with E-state index < -0.39 is 0 Å². The molecule has 4 aromatic rings. The summed E-state index contributed by atoms with van der Waals surface area (Å²) in [5.74, 6) is 1.04. The quantitative estimate of drug-likeness (QED) is 0.407. The van der Waals surface area contributed by atoms with Crippen LogP contribution in [-0.2, 0) is 6.54 Å². The Balaban J connectivity index is 1.67. The summed E-state index contributed by atoms with van der Waals surface area (Å²) < 4.78 is 6.60. The van der Waals surface area contributed by atoms with Gasteiger partial charge in [-0.05, 0) is 29.2 Å². The molecular formula is C24H22N2O3S. The first-order chi connectivity index (χ1) is 14.5. The van der Waals surface area contributed by atoms with Crippen LogP contribution in [0, 0.1) is 0 Å². The SMILES string of the molecule is COc1ccc(-c2csc3ncn(CC(=O)c4ccc(C(C)C)cc4)c(=O)c23)cc1. The molecule has 30 heavy (non-hydrogen) atoms. The van der Waals surface area contributed by atoms with Gasteiger partial charge in [-0.25, -0.2) is 4.98 Å². The van der Waals surface area contributed by atoms with Crippen molar-refractivity contribution in [3.05, 3.63) is 81.7 Å². The number of hydrogen-bond acceptors (Lipinski definition) is 5. The zero-order valence-electron chi connectivity index (χ0n) is 17.1. The van der Waals surface area contributed by atoms with Crippen molar-refractivity contribution in [3.8, 4) is 16.9 Å². The van der Waals surface area contributed by atoms with Gasteiger partial charge in [0.2, 0.25) is 0 Å². The van der Waals surface area contributed by atoms with Gasteiger partial charge < -0.3 is 4.74 Å². The molecule has 2 aromatic carbocycles. The molecule has 6 heteroatoms. The Morgan fingerprint density at radius 2 is 1.80 bits per heavy atom. The maximum absolute atomic E-state index is 13.2. The van der Waals surface area contributed by atoms with E-state index in [-0.39, 0.29) is 17.9 Å². The number of nitrogens with zero attached hydrogens (tertiary/aromatic N) is 2. The summed E-state index contributed by atoms with van der Waals surface area (Å²) in [5.41, 5.74) is 3.29. The van der Waals surface area contributed by atoms with Gasteiger partial charge in [0.25, 0.3) is 5.56 Å². The van der Waals surface area contributed by atoms with Crippen molar-refractivity contribution in [2.24, 2.45) is 0 Å². The molecular weight excluding hydrogens is 396 g/mol. The van der Waals surface area contributed by atoms with Gasteiger partial charge >= 0.3 is 0 Å². The predicted octanol–water partition coefficient (Wildman–Crippen LogP) is 5.14. The summed E-state index contributed by atoms with van der Waals surface area (Å²) in [6.45, 7) is 4.18. The zero-order chi connectivity index (χ0) is 21.3. The van der Waals surface area contributed by atoms with Crippen molar-refractivity contribution < 1.29 is 9.53 Å². The van der Waals surface area contributed by atoms with Crippen LogP contribution >= 0.6 is 11.3 Å². The third-order valence-corrected chi connectivity index (χ3v) is 6.06. The lowest BCUT2D eigenvalue weighted by molar-refractivity contribution is 0.0970. The van der Waals surface area contributed by atoms with Crippen LogP contribution in [0.5, 0.6) is 5.75 Å². The fourth-order valence-electron chi connectivity index (χ4n) is 3.36. The number of carbonyl (C=O) groups is 1. The third-order valence-electron chi connectivity index (χ3n) is 5.18. The van der Waals surface area contributed by atoms with Gasteiger partial charge in [0, 0.05) is 16.5 Å². The highest BCUT2D eigenvalue weighted by molar-refractivity contribution is 7.17. The van der Waals surface area contributed by atoms with Crippen LogP contribution in [-0.4, -0.2) is 22.4 Å². The molecule has 152 valence electrons. The van der Waals surface area contributed by atoms with Crippen molar-refractivity contribution in [3.63, 3.8) is 0 Å². The van der Waals surface area contributed by atoms with Gasteiger partial charge in [-0.15, -0.1) is 11.3 Å². The minimum atomic E-state index is -0.209. The summed E-state index contributed by atoms with van der Waals surface area (Å²) >= 11 is 1.42. The van der Waals surface area contributed by atoms with Crippen LogP contribution in [0.25, 0.3) is 21.3 Å². The van der Waals surface area contributed by atoms with Gasteiger partial charge in [-0.1, -0.05) is 50.2 Å². The van der Waals surface area contributed by atoms with Crippen LogP contribution in [0.1, 0.15) is 35.7 Å². The van der Waals surface area contributed by atoms with E-state index in [9.17, 15) is 9.59 Å². The van der Waals surface area contributed by atoms with Crippen LogP contribution in [0.15, 0.2) is 65.0 Å². The van der Waals surface area contributed by atoms with Gasteiger partial charge in [0.15, 0.2) is 5.78 Å². The summed E-state index contributed by atoms with van der Waals surface area (Å²) in [6.07, 6.45) is 1.46. The number of carbonyl (C=O) groups excluding carboxylic acids is 1. The minimum Gasteiger partial charge on any atom is -0.497 e. The maximum atomic E-state index is 13.2. The first-order valence-corrected chi connectivity index (χ1v) is 10.6. The first-order valence-electron chi connectivity index (χ1n) is 9.72. The number of rotatable bonds is 6. The molecule has 0 bridgehead atoms. The Hall–Kier alpha value is -3.25. The number of hydrogen-bond donors (Lipinski definition) is 0. The van der Waals surface area contributed by atoms with Gasteiger partial charge in [0.05, 0.1) is 25.4 Å². The van der Waals surface area contributed by atoms with E-state index in [1.807, 2.05) is 53.9 Å². The van der Waals surface area contributed by atoms with Crippen molar-refractivity contribution in [1.29, 1.82) is 0 Å². The van der Waals surface area contributed by atoms with Crippen LogP contribution in [0.2, 0.25) is 0 Å². The van der Waals surface area contributed by atoms with Gasteiger partial charge in [-0.3, -0.25) is 14.2 Å². The molecule has 0 amide bonds. The molecule has 0 atom stereocenters. The Morgan fingerprint density at radius 3 is 2.43 bits per heavy atom. The highest BCUT2D eigenvalue weighted by Gasteiger charge is 2.15. The van der Waals surface area contributed by atoms with Crippen LogP contribution in [0.3, 0.4) is 0 Å². The number of methoxy groups -OCH3 is 1. The molecule has 0 aliphatic carbocycles. The number of fused-ring (bicyclic) bond motifs is 1. The molecule has 0 fully saturated rings. The number of benzene rings is 2. The van der Waals surface area contributed by atoms with Crippen molar-refractivity contribution in [2.45, 2.75) is 26.3 Å². The molecule has 0 aliphatic heterocycles. The van der Waals surface area contributed by atoms with E-state index in [0.29, 0.717) is 21.7 Å². The van der Waals surface area contributed by atoms with Crippen molar-refractivity contribution in [1.82, 2.24) is 9.55 Å². The van der Waals surface area contributed by atoms with E-state index in [2.05, 4.69) is 18.8 Å². The lowest BCUT2D eigenvalue weighted by Gasteiger charge is -2.08. The average molecular weight is 419 g/mol. The molecule has 0 saturated carbocycles. The van der Waals surface area contributed by atoms with E-state index in [1.165, 1.54) is 27.8 Å². The van der Waals surface area contributed by atoms with Crippen molar-refractivity contribution >= 4 is 27.3 Å². The zero-order valence-corrected chi connectivity index (χ0v) is 17.9. The van der Waals surface area contributed by atoms with E-state index in [0.717, 1.165) is 16.9 Å². The summed E-state index contributed by atoms with van der Waals surface area (Å²) in [5, 5.41) is 2.47. The minimum absolute atomic E-state index is 0.0410. The normalized spacial score (nSPS) is 11.2. The van der Waals surface area contributed by atoms with E-state index >= 15 is 0 Å². The summed E-state index contributed by atoms with van der Waals surface area (Å²) in [4.78, 5) is 31.0. The van der Waals surface area contributed by atoms with E-state index in [4.69, 9.17) is 4.74 Å². The van der Waals surface area contributed by atoms with Crippen LogP contribution in [0.4, 0.5) is 0 Å². The predicted molar refractivity (Wildman–Crippen MR) is 121 cm³/mol. The molecule has 4 rings (SSSR count). The second kappa shape index (κ2) is 8.24. The molecule has 5 nitrogen and oxygen atoms in total.